The van der Waals surface area contributed by atoms with Crippen LogP contribution in [0.25, 0.3) is 0 Å². The highest BCUT2D eigenvalue weighted by molar-refractivity contribution is 6.29. The zero-order valence-corrected chi connectivity index (χ0v) is 13.7. The standard InChI is InChI=1S/C14H24ClN3O/c1-13(2,3)12-16-10(15)8-11(17-12)19-9-14(4,5)18(6)7/h8H,9H2,1-7H3. The molecule has 0 spiro atoms. The van der Waals surface area contributed by atoms with Crippen molar-refractivity contribution < 1.29 is 4.74 Å². The molecular formula is C14H24ClN3O. The van der Waals surface area contributed by atoms with Gasteiger partial charge in [-0.2, -0.15) is 4.98 Å². The summed E-state index contributed by atoms with van der Waals surface area (Å²) >= 11 is 6.03. The lowest BCUT2D eigenvalue weighted by Crippen LogP contribution is -2.43. The van der Waals surface area contributed by atoms with Gasteiger partial charge in [-0.3, -0.25) is 0 Å². The van der Waals surface area contributed by atoms with Crippen LogP contribution in [0.4, 0.5) is 0 Å². The summed E-state index contributed by atoms with van der Waals surface area (Å²) in [5.74, 6) is 1.22. The van der Waals surface area contributed by atoms with Gasteiger partial charge in [-0.25, -0.2) is 4.98 Å². The van der Waals surface area contributed by atoms with Crippen LogP contribution in [0.3, 0.4) is 0 Å². The van der Waals surface area contributed by atoms with Gasteiger partial charge in [0.1, 0.15) is 17.6 Å². The van der Waals surface area contributed by atoms with Gasteiger partial charge in [0.25, 0.3) is 0 Å². The third-order valence-corrected chi connectivity index (χ3v) is 3.32. The monoisotopic (exact) mass is 285 g/mol. The van der Waals surface area contributed by atoms with Gasteiger partial charge in [0.15, 0.2) is 0 Å². The second-order valence-corrected chi connectivity index (χ2v) is 6.99. The molecule has 108 valence electrons. The molecule has 0 aliphatic carbocycles. The maximum atomic E-state index is 6.03. The summed E-state index contributed by atoms with van der Waals surface area (Å²) in [5.41, 5.74) is -0.223. The van der Waals surface area contributed by atoms with Crippen LogP contribution >= 0.6 is 11.6 Å². The van der Waals surface area contributed by atoms with Crippen LogP contribution in [0, 0.1) is 0 Å². The van der Waals surface area contributed by atoms with Crippen LogP contribution in [-0.2, 0) is 5.41 Å². The van der Waals surface area contributed by atoms with E-state index >= 15 is 0 Å². The normalized spacial score (nSPS) is 12.9. The van der Waals surface area contributed by atoms with Crippen LogP contribution in [0.5, 0.6) is 5.88 Å². The first kappa shape index (κ1) is 16.2. The van der Waals surface area contributed by atoms with Crippen molar-refractivity contribution in [1.82, 2.24) is 14.9 Å². The first-order valence-corrected chi connectivity index (χ1v) is 6.75. The van der Waals surface area contributed by atoms with E-state index in [4.69, 9.17) is 16.3 Å². The average Bonchev–Trinajstić information content (AvgIpc) is 2.24. The van der Waals surface area contributed by atoms with Gasteiger partial charge in [-0.15, -0.1) is 0 Å². The number of halogens is 1. The summed E-state index contributed by atoms with van der Waals surface area (Å²) in [6.07, 6.45) is 0. The number of aromatic nitrogens is 2. The lowest BCUT2D eigenvalue weighted by Gasteiger charge is -2.32. The molecule has 0 fully saturated rings. The number of hydrogen-bond acceptors (Lipinski definition) is 4. The summed E-state index contributed by atoms with van der Waals surface area (Å²) in [7, 11) is 4.05. The molecule has 1 heterocycles. The Bertz CT molecular complexity index is 439. The molecule has 4 nitrogen and oxygen atoms in total. The lowest BCUT2D eigenvalue weighted by molar-refractivity contribution is 0.110. The molecule has 5 heteroatoms. The summed E-state index contributed by atoms with van der Waals surface area (Å²) in [6.45, 7) is 10.9. The van der Waals surface area contributed by atoms with Crippen LogP contribution in [0.1, 0.15) is 40.4 Å². The van der Waals surface area contributed by atoms with E-state index in [9.17, 15) is 0 Å². The van der Waals surface area contributed by atoms with Gasteiger partial charge in [-0.05, 0) is 27.9 Å². The Morgan fingerprint density at radius 2 is 1.74 bits per heavy atom. The average molecular weight is 286 g/mol. The van der Waals surface area contributed by atoms with Crippen molar-refractivity contribution in [3.8, 4) is 5.88 Å². The van der Waals surface area contributed by atoms with Gasteiger partial charge in [0.2, 0.25) is 5.88 Å². The largest absolute Gasteiger partial charge is 0.476 e. The highest BCUT2D eigenvalue weighted by Crippen LogP contribution is 2.24. The molecule has 0 aliphatic heterocycles. The molecule has 0 atom stereocenters. The molecule has 0 N–H and O–H groups in total. The van der Waals surface area contributed by atoms with Crippen molar-refractivity contribution in [2.45, 2.75) is 45.6 Å². The molecule has 0 radical (unpaired) electrons. The van der Waals surface area contributed by atoms with Crippen molar-refractivity contribution in [2.75, 3.05) is 20.7 Å². The minimum atomic E-state index is -0.153. The fourth-order valence-electron chi connectivity index (χ4n) is 1.19. The van der Waals surface area contributed by atoms with Crippen molar-refractivity contribution in [3.63, 3.8) is 0 Å². The number of ether oxygens (including phenoxy) is 1. The Hall–Kier alpha value is -0.870. The predicted octanol–water partition coefficient (Wildman–Crippen LogP) is 3.15. The summed E-state index contributed by atoms with van der Waals surface area (Å²) in [4.78, 5) is 10.8. The molecule has 0 aromatic carbocycles. The third-order valence-electron chi connectivity index (χ3n) is 3.13. The first-order valence-electron chi connectivity index (χ1n) is 6.38. The molecule has 0 saturated carbocycles. The summed E-state index contributed by atoms with van der Waals surface area (Å²) in [6, 6.07) is 1.66. The Morgan fingerprint density at radius 3 is 2.21 bits per heavy atom. The van der Waals surface area contributed by atoms with E-state index < -0.39 is 0 Å². The molecule has 1 aromatic heterocycles. The molecule has 0 amide bonds. The number of nitrogens with zero attached hydrogens (tertiary/aromatic N) is 3. The number of hydrogen-bond donors (Lipinski definition) is 0. The first-order chi connectivity index (χ1) is 8.52. The maximum Gasteiger partial charge on any atom is 0.218 e. The van der Waals surface area contributed by atoms with E-state index in [1.54, 1.807) is 6.07 Å². The van der Waals surface area contributed by atoms with Crippen molar-refractivity contribution in [1.29, 1.82) is 0 Å². The number of likely N-dealkylation sites (N-methyl/N-ethyl adjacent to an activating group) is 1. The Morgan fingerprint density at radius 1 is 1.16 bits per heavy atom. The smallest absolute Gasteiger partial charge is 0.218 e. The Kier molecular flexibility index (Phi) is 4.80. The van der Waals surface area contributed by atoms with Crippen LogP contribution in [-0.4, -0.2) is 41.1 Å². The summed E-state index contributed by atoms with van der Waals surface area (Å²) in [5, 5.41) is 0.414. The quantitative estimate of drug-likeness (QED) is 0.797. The molecule has 19 heavy (non-hydrogen) atoms. The Labute approximate surface area is 121 Å². The fourth-order valence-corrected chi connectivity index (χ4v) is 1.36. The SMILES string of the molecule is CN(C)C(C)(C)COc1cc(Cl)nc(C(C)(C)C)n1. The van der Waals surface area contributed by atoms with E-state index in [0.29, 0.717) is 23.5 Å². The van der Waals surface area contributed by atoms with E-state index in [1.165, 1.54) is 0 Å². The molecule has 0 bridgehead atoms. The minimum absolute atomic E-state index is 0.0701. The molecule has 1 aromatic rings. The van der Waals surface area contributed by atoms with Crippen molar-refractivity contribution in [2.24, 2.45) is 0 Å². The van der Waals surface area contributed by atoms with E-state index in [1.807, 2.05) is 34.9 Å². The molecule has 1 rings (SSSR count). The van der Waals surface area contributed by atoms with Crippen molar-refractivity contribution >= 4 is 11.6 Å². The van der Waals surface area contributed by atoms with Crippen LogP contribution in [0.2, 0.25) is 5.15 Å². The van der Waals surface area contributed by atoms with Crippen LogP contribution < -0.4 is 4.74 Å². The zero-order chi connectivity index (χ0) is 14.8. The second kappa shape index (κ2) is 5.63. The molecule has 0 aliphatic rings. The highest BCUT2D eigenvalue weighted by Gasteiger charge is 2.23. The van der Waals surface area contributed by atoms with Crippen molar-refractivity contribution in [3.05, 3.63) is 17.0 Å². The Balaban J connectivity index is 2.88. The summed E-state index contributed by atoms with van der Waals surface area (Å²) < 4.78 is 5.77. The minimum Gasteiger partial charge on any atom is -0.476 e. The predicted molar refractivity (Wildman–Crippen MR) is 79.0 cm³/mol. The molecule has 0 unspecified atom stereocenters. The molecule has 0 saturated heterocycles. The van der Waals surface area contributed by atoms with E-state index in [-0.39, 0.29) is 11.0 Å². The second-order valence-electron chi connectivity index (χ2n) is 6.60. The topological polar surface area (TPSA) is 38.2 Å². The maximum absolute atomic E-state index is 6.03. The van der Waals surface area contributed by atoms with Gasteiger partial charge in [0.05, 0.1) is 0 Å². The fraction of sp³-hybridized carbons (Fsp3) is 0.714. The van der Waals surface area contributed by atoms with Gasteiger partial charge in [-0.1, -0.05) is 32.4 Å². The molecular weight excluding hydrogens is 262 g/mol. The third kappa shape index (κ3) is 4.62. The lowest BCUT2D eigenvalue weighted by atomic mass is 9.96. The van der Waals surface area contributed by atoms with Gasteiger partial charge < -0.3 is 9.64 Å². The number of rotatable bonds is 4. The van der Waals surface area contributed by atoms with Crippen LogP contribution in [0.15, 0.2) is 6.07 Å². The van der Waals surface area contributed by atoms with Gasteiger partial charge >= 0.3 is 0 Å². The van der Waals surface area contributed by atoms with E-state index in [2.05, 4.69) is 28.7 Å². The highest BCUT2D eigenvalue weighted by atomic mass is 35.5. The van der Waals surface area contributed by atoms with Gasteiger partial charge in [0, 0.05) is 17.0 Å². The zero-order valence-electron chi connectivity index (χ0n) is 12.9. The van der Waals surface area contributed by atoms with E-state index in [0.717, 1.165) is 0 Å².